The Labute approximate surface area is 157 Å². The highest BCUT2D eigenvalue weighted by molar-refractivity contribution is 8.02. The van der Waals surface area contributed by atoms with Crippen LogP contribution in [0.25, 0.3) is 6.08 Å². The number of thioether (sulfide) groups is 1. The number of hydrogen-bond acceptors (Lipinski definition) is 4. The molecule has 25 heavy (non-hydrogen) atoms. The molecule has 0 bridgehead atoms. The normalized spacial score (nSPS) is 17.6. The smallest absolute Gasteiger partial charge is 0.355 e. The van der Waals surface area contributed by atoms with E-state index in [0.29, 0.717) is 18.1 Å². The fraction of sp³-hybridized carbons (Fsp3) is 0.200. The predicted octanol–water partition coefficient (Wildman–Crippen LogP) is 4.67. The van der Waals surface area contributed by atoms with Crippen LogP contribution in [-0.4, -0.2) is 28.2 Å². The number of carbonyl (C=O) groups is 1. The first-order chi connectivity index (χ1) is 12.2. The molecule has 0 amide bonds. The summed E-state index contributed by atoms with van der Waals surface area (Å²) in [6, 6.07) is 19.9. The highest BCUT2D eigenvalue weighted by atomic mass is 32.2. The Morgan fingerprint density at radius 3 is 2.48 bits per heavy atom. The van der Waals surface area contributed by atoms with Gasteiger partial charge >= 0.3 is 5.97 Å². The molecule has 0 spiro atoms. The molecule has 1 heterocycles. The molecular weight excluding hydrogens is 350 g/mol. The molecule has 3 nitrogen and oxygen atoms in total. The summed E-state index contributed by atoms with van der Waals surface area (Å²) in [5.41, 5.74) is 2.55. The standard InChI is InChI=1S/C20H19NO2S2/c1-2-23-20(22)17(13-15-9-5-3-6-10-15)21-18(24)14-25-19(21)16-11-7-4-8-12-16/h3-13,19H,2,14H2,1H3. The quantitative estimate of drug-likeness (QED) is 0.434. The summed E-state index contributed by atoms with van der Waals surface area (Å²) >= 11 is 7.29. The summed E-state index contributed by atoms with van der Waals surface area (Å²) in [7, 11) is 0. The van der Waals surface area contributed by atoms with Gasteiger partial charge in [-0.05, 0) is 24.1 Å². The molecule has 2 aromatic carbocycles. The number of benzene rings is 2. The number of carbonyl (C=O) groups excluding carboxylic acids is 1. The van der Waals surface area contributed by atoms with Crippen LogP contribution >= 0.6 is 24.0 Å². The molecule has 0 aromatic heterocycles. The lowest BCUT2D eigenvalue weighted by molar-refractivity contribution is -0.139. The van der Waals surface area contributed by atoms with Gasteiger partial charge in [-0.1, -0.05) is 72.9 Å². The summed E-state index contributed by atoms with van der Waals surface area (Å²) < 4.78 is 5.30. The summed E-state index contributed by atoms with van der Waals surface area (Å²) in [4.78, 5) is 15.3. The lowest BCUT2D eigenvalue weighted by Gasteiger charge is -2.27. The van der Waals surface area contributed by atoms with Crippen molar-refractivity contribution in [1.29, 1.82) is 0 Å². The SMILES string of the molecule is CCOC(=O)C(=Cc1ccccc1)N1C(=S)CSC1c1ccccc1. The van der Waals surface area contributed by atoms with Crippen LogP contribution in [0.3, 0.4) is 0 Å². The first kappa shape index (κ1) is 17.7. The zero-order valence-corrected chi connectivity index (χ0v) is 15.6. The van der Waals surface area contributed by atoms with Crippen molar-refractivity contribution in [3.63, 3.8) is 0 Å². The topological polar surface area (TPSA) is 29.5 Å². The molecule has 0 N–H and O–H groups in total. The number of hydrogen-bond donors (Lipinski definition) is 0. The fourth-order valence-corrected chi connectivity index (χ4v) is 4.34. The molecule has 1 unspecified atom stereocenters. The van der Waals surface area contributed by atoms with E-state index in [0.717, 1.165) is 16.1 Å². The maximum Gasteiger partial charge on any atom is 0.355 e. The van der Waals surface area contributed by atoms with Gasteiger partial charge in [0.2, 0.25) is 0 Å². The first-order valence-corrected chi connectivity index (χ1v) is 9.59. The van der Waals surface area contributed by atoms with Crippen molar-refractivity contribution in [3.8, 4) is 0 Å². The molecule has 2 aromatic rings. The van der Waals surface area contributed by atoms with E-state index < -0.39 is 0 Å². The Morgan fingerprint density at radius 2 is 1.84 bits per heavy atom. The Morgan fingerprint density at radius 1 is 1.20 bits per heavy atom. The van der Waals surface area contributed by atoms with E-state index in [1.807, 2.05) is 66.4 Å². The van der Waals surface area contributed by atoms with Gasteiger partial charge in [0, 0.05) is 5.75 Å². The molecular formula is C20H19NO2S2. The zero-order chi connectivity index (χ0) is 17.6. The summed E-state index contributed by atoms with van der Waals surface area (Å²) in [5, 5.41) is -0.0203. The van der Waals surface area contributed by atoms with Crippen LogP contribution in [0.4, 0.5) is 0 Å². The zero-order valence-electron chi connectivity index (χ0n) is 13.9. The van der Waals surface area contributed by atoms with Crippen LogP contribution < -0.4 is 0 Å². The molecule has 0 saturated carbocycles. The molecule has 1 aliphatic heterocycles. The monoisotopic (exact) mass is 369 g/mol. The van der Waals surface area contributed by atoms with Gasteiger partial charge in [-0.25, -0.2) is 4.79 Å². The molecule has 5 heteroatoms. The van der Waals surface area contributed by atoms with Crippen LogP contribution in [0.2, 0.25) is 0 Å². The molecule has 1 aliphatic rings. The first-order valence-electron chi connectivity index (χ1n) is 8.13. The van der Waals surface area contributed by atoms with Gasteiger partial charge in [-0.2, -0.15) is 0 Å². The lowest BCUT2D eigenvalue weighted by atomic mass is 10.1. The third-order valence-corrected chi connectivity index (χ3v) is 5.56. The van der Waals surface area contributed by atoms with Crippen LogP contribution in [0.15, 0.2) is 66.4 Å². The second-order valence-electron chi connectivity index (χ2n) is 5.50. The third-order valence-electron chi connectivity index (χ3n) is 3.80. The van der Waals surface area contributed by atoms with Crippen LogP contribution in [0.1, 0.15) is 23.4 Å². The number of ether oxygens (including phenoxy) is 1. The number of esters is 1. The minimum absolute atomic E-state index is 0.0203. The van der Waals surface area contributed by atoms with Gasteiger partial charge in [0.05, 0.1) is 11.6 Å². The van der Waals surface area contributed by atoms with E-state index in [1.165, 1.54) is 0 Å². The van der Waals surface area contributed by atoms with Gasteiger partial charge in [0.15, 0.2) is 0 Å². The van der Waals surface area contributed by atoms with E-state index in [2.05, 4.69) is 12.1 Å². The largest absolute Gasteiger partial charge is 0.461 e. The lowest BCUT2D eigenvalue weighted by Crippen LogP contribution is -2.31. The van der Waals surface area contributed by atoms with Crippen molar-refractivity contribution in [3.05, 3.63) is 77.5 Å². The van der Waals surface area contributed by atoms with Gasteiger partial charge < -0.3 is 9.64 Å². The van der Waals surface area contributed by atoms with Crippen molar-refractivity contribution < 1.29 is 9.53 Å². The second kappa shape index (κ2) is 8.32. The van der Waals surface area contributed by atoms with E-state index in [4.69, 9.17) is 17.0 Å². The number of nitrogens with zero attached hydrogens (tertiary/aromatic N) is 1. The fourth-order valence-electron chi connectivity index (χ4n) is 2.69. The molecule has 0 aliphatic carbocycles. The van der Waals surface area contributed by atoms with Crippen LogP contribution in [0.5, 0.6) is 0 Å². The Hall–Kier alpha value is -2.11. The molecule has 1 saturated heterocycles. The van der Waals surface area contributed by atoms with Crippen LogP contribution in [0, 0.1) is 0 Å². The van der Waals surface area contributed by atoms with E-state index in [1.54, 1.807) is 11.8 Å². The van der Waals surface area contributed by atoms with Crippen molar-refractivity contribution in [2.75, 3.05) is 12.4 Å². The molecule has 3 rings (SSSR count). The van der Waals surface area contributed by atoms with Gasteiger partial charge in [-0.15, -0.1) is 11.8 Å². The number of thiocarbonyl (C=S) groups is 1. The minimum atomic E-state index is -0.350. The Kier molecular flexibility index (Phi) is 5.89. The Bertz CT molecular complexity index is 775. The molecule has 1 fully saturated rings. The van der Waals surface area contributed by atoms with E-state index in [9.17, 15) is 4.79 Å². The van der Waals surface area contributed by atoms with Gasteiger partial charge in [-0.3, -0.25) is 0 Å². The predicted molar refractivity (Wildman–Crippen MR) is 107 cm³/mol. The molecule has 0 radical (unpaired) electrons. The molecule has 1 atom stereocenters. The van der Waals surface area contributed by atoms with E-state index >= 15 is 0 Å². The van der Waals surface area contributed by atoms with Crippen molar-refractivity contribution in [2.24, 2.45) is 0 Å². The highest BCUT2D eigenvalue weighted by Gasteiger charge is 2.35. The average Bonchev–Trinajstić information content (AvgIpc) is 3.03. The van der Waals surface area contributed by atoms with Crippen LogP contribution in [-0.2, 0) is 9.53 Å². The van der Waals surface area contributed by atoms with Gasteiger partial charge in [0.25, 0.3) is 0 Å². The van der Waals surface area contributed by atoms with E-state index in [-0.39, 0.29) is 11.3 Å². The minimum Gasteiger partial charge on any atom is -0.461 e. The highest BCUT2D eigenvalue weighted by Crippen LogP contribution is 2.42. The third kappa shape index (κ3) is 4.11. The van der Waals surface area contributed by atoms with Crippen molar-refractivity contribution in [2.45, 2.75) is 12.3 Å². The maximum atomic E-state index is 12.7. The summed E-state index contributed by atoms with van der Waals surface area (Å²) in [6.07, 6.45) is 1.85. The molecule has 128 valence electrons. The second-order valence-corrected chi connectivity index (χ2v) is 7.04. The summed E-state index contributed by atoms with van der Waals surface area (Å²) in [5.74, 6) is 0.359. The number of rotatable bonds is 5. The van der Waals surface area contributed by atoms with Gasteiger partial charge in [0.1, 0.15) is 11.1 Å². The maximum absolute atomic E-state index is 12.7. The van der Waals surface area contributed by atoms with Crippen molar-refractivity contribution in [1.82, 2.24) is 4.90 Å². The average molecular weight is 370 g/mol. The Balaban J connectivity index is 2.02. The van der Waals surface area contributed by atoms with Crippen molar-refractivity contribution >= 4 is 41.0 Å². The summed E-state index contributed by atoms with van der Waals surface area (Å²) in [6.45, 7) is 2.14.